The zero-order chi connectivity index (χ0) is 18.4. The molecule has 2 aromatic rings. The van der Waals surface area contributed by atoms with Crippen molar-refractivity contribution in [2.45, 2.75) is 20.0 Å². The van der Waals surface area contributed by atoms with Crippen LogP contribution in [0.4, 0.5) is 5.82 Å². The molecule has 3 rings (SSSR count). The second-order valence-corrected chi connectivity index (χ2v) is 7.26. The van der Waals surface area contributed by atoms with Crippen molar-refractivity contribution in [3.8, 4) is 0 Å². The van der Waals surface area contributed by atoms with Crippen LogP contribution in [0.25, 0.3) is 0 Å². The summed E-state index contributed by atoms with van der Waals surface area (Å²) < 4.78 is 5.45. The number of aromatic nitrogens is 2. The third kappa shape index (κ3) is 6.01. The number of ether oxygens (including phenoxy) is 1. The van der Waals surface area contributed by atoms with Crippen LogP contribution in [-0.2, 0) is 17.8 Å². The number of rotatable bonds is 5. The Labute approximate surface area is 181 Å². The average Bonchev–Trinajstić information content (AvgIpc) is 3.08. The van der Waals surface area contributed by atoms with E-state index in [1.54, 1.807) is 18.4 Å². The predicted octanol–water partition coefficient (Wildman–Crippen LogP) is 2.51. The summed E-state index contributed by atoms with van der Waals surface area (Å²) in [5.41, 5.74) is 2.22. The molecule has 0 spiro atoms. The van der Waals surface area contributed by atoms with Gasteiger partial charge in [0.25, 0.3) is 0 Å². The molecule has 1 aliphatic rings. The Morgan fingerprint density at radius 1 is 1.41 bits per heavy atom. The van der Waals surface area contributed by atoms with E-state index in [-0.39, 0.29) is 24.0 Å². The molecule has 0 unspecified atom stereocenters. The van der Waals surface area contributed by atoms with Crippen molar-refractivity contribution in [2.75, 3.05) is 45.3 Å². The molecule has 0 atom stereocenters. The molecule has 148 valence electrons. The number of anilines is 1. The van der Waals surface area contributed by atoms with Crippen molar-refractivity contribution in [2.24, 2.45) is 4.99 Å². The number of pyridine rings is 1. The first-order valence-electron chi connectivity index (χ1n) is 8.76. The molecule has 1 aliphatic heterocycles. The van der Waals surface area contributed by atoms with Gasteiger partial charge in [-0.3, -0.25) is 4.99 Å². The Balaban J connectivity index is 0.00000261. The van der Waals surface area contributed by atoms with Gasteiger partial charge >= 0.3 is 0 Å². The highest BCUT2D eigenvalue weighted by Gasteiger charge is 2.16. The van der Waals surface area contributed by atoms with Crippen molar-refractivity contribution < 1.29 is 4.74 Å². The van der Waals surface area contributed by atoms with Gasteiger partial charge in [0.15, 0.2) is 5.96 Å². The largest absolute Gasteiger partial charge is 0.378 e. The second-order valence-electron chi connectivity index (χ2n) is 6.20. The topological polar surface area (TPSA) is 65.9 Å². The lowest BCUT2D eigenvalue weighted by molar-refractivity contribution is 0.122. The fourth-order valence-corrected chi connectivity index (χ4v) is 3.59. The number of aliphatic imine (C=N–C) groups is 1. The minimum absolute atomic E-state index is 0. The van der Waals surface area contributed by atoms with Gasteiger partial charge < -0.3 is 19.9 Å². The summed E-state index contributed by atoms with van der Waals surface area (Å²) in [6.07, 6.45) is 1.85. The van der Waals surface area contributed by atoms with Crippen LogP contribution >= 0.6 is 35.3 Å². The molecule has 7 nitrogen and oxygen atoms in total. The van der Waals surface area contributed by atoms with Crippen LogP contribution in [0.3, 0.4) is 0 Å². The fourth-order valence-electron chi connectivity index (χ4n) is 2.99. The molecular formula is C18H27IN6OS. The fraction of sp³-hybridized carbons (Fsp3) is 0.500. The Hall–Kier alpha value is -1.46. The van der Waals surface area contributed by atoms with Gasteiger partial charge in [0.05, 0.1) is 30.5 Å². The standard InChI is InChI=1S/C18H26N6OS.HI/c1-14-22-16(13-26-14)12-23(3)18(19-2)21-11-15-5-4-6-20-17(15)24-7-9-25-10-8-24;/h4-6,13H,7-12H2,1-3H3,(H,19,21);1H. The van der Waals surface area contributed by atoms with Gasteiger partial charge in [0.2, 0.25) is 0 Å². The van der Waals surface area contributed by atoms with Gasteiger partial charge in [-0.1, -0.05) is 6.07 Å². The molecule has 0 aliphatic carbocycles. The van der Waals surface area contributed by atoms with Crippen LogP contribution < -0.4 is 10.2 Å². The van der Waals surface area contributed by atoms with Gasteiger partial charge in [-0.15, -0.1) is 35.3 Å². The molecule has 1 saturated heterocycles. The molecule has 0 saturated carbocycles. The van der Waals surface area contributed by atoms with E-state index in [1.807, 2.05) is 26.2 Å². The van der Waals surface area contributed by atoms with Crippen LogP contribution in [0.2, 0.25) is 0 Å². The Morgan fingerprint density at radius 3 is 2.85 bits per heavy atom. The Morgan fingerprint density at radius 2 is 2.19 bits per heavy atom. The number of guanidine groups is 1. The highest BCUT2D eigenvalue weighted by atomic mass is 127. The van der Waals surface area contributed by atoms with Crippen LogP contribution in [-0.4, -0.2) is 61.2 Å². The third-order valence-electron chi connectivity index (χ3n) is 4.25. The highest BCUT2D eigenvalue weighted by molar-refractivity contribution is 14.0. The van der Waals surface area contributed by atoms with Gasteiger partial charge in [-0.2, -0.15) is 0 Å². The first-order valence-corrected chi connectivity index (χ1v) is 9.64. The molecule has 9 heteroatoms. The molecule has 0 bridgehead atoms. The first-order chi connectivity index (χ1) is 12.7. The van der Waals surface area contributed by atoms with Crippen molar-refractivity contribution in [1.82, 2.24) is 20.2 Å². The number of thiazole rings is 1. The SMILES string of the molecule is CN=C(NCc1cccnc1N1CCOCC1)N(C)Cc1csc(C)n1.I. The van der Waals surface area contributed by atoms with E-state index >= 15 is 0 Å². The molecule has 0 amide bonds. The van der Waals surface area contributed by atoms with E-state index in [2.05, 4.69) is 41.5 Å². The number of morpholine rings is 1. The number of aryl methyl sites for hydroxylation is 1. The van der Waals surface area contributed by atoms with Crippen molar-refractivity contribution in [3.05, 3.63) is 40.0 Å². The summed E-state index contributed by atoms with van der Waals surface area (Å²) >= 11 is 1.67. The smallest absolute Gasteiger partial charge is 0.194 e. The van der Waals surface area contributed by atoms with Crippen LogP contribution in [0.5, 0.6) is 0 Å². The maximum atomic E-state index is 5.45. The van der Waals surface area contributed by atoms with Crippen LogP contribution in [0.15, 0.2) is 28.7 Å². The zero-order valence-electron chi connectivity index (χ0n) is 16.0. The Bertz CT molecular complexity index is 747. The number of hydrogen-bond acceptors (Lipinski definition) is 6. The summed E-state index contributed by atoms with van der Waals surface area (Å²) in [7, 11) is 3.83. The summed E-state index contributed by atoms with van der Waals surface area (Å²) in [5.74, 6) is 1.86. The summed E-state index contributed by atoms with van der Waals surface area (Å²) in [6, 6.07) is 4.09. The lowest BCUT2D eigenvalue weighted by atomic mass is 10.2. The number of halogens is 1. The lowest BCUT2D eigenvalue weighted by Crippen LogP contribution is -2.40. The second kappa shape index (κ2) is 10.8. The van der Waals surface area contributed by atoms with Gasteiger partial charge in [-0.25, -0.2) is 9.97 Å². The van der Waals surface area contributed by atoms with E-state index in [0.717, 1.165) is 60.9 Å². The van der Waals surface area contributed by atoms with Crippen LogP contribution in [0.1, 0.15) is 16.3 Å². The monoisotopic (exact) mass is 502 g/mol. The minimum Gasteiger partial charge on any atom is -0.378 e. The quantitative estimate of drug-likeness (QED) is 0.385. The predicted molar refractivity (Wildman–Crippen MR) is 121 cm³/mol. The zero-order valence-corrected chi connectivity index (χ0v) is 19.2. The maximum Gasteiger partial charge on any atom is 0.194 e. The van der Waals surface area contributed by atoms with Crippen LogP contribution in [0, 0.1) is 6.92 Å². The van der Waals surface area contributed by atoms with E-state index in [4.69, 9.17) is 4.74 Å². The van der Waals surface area contributed by atoms with E-state index in [1.165, 1.54) is 0 Å². The van der Waals surface area contributed by atoms with E-state index in [0.29, 0.717) is 6.54 Å². The summed E-state index contributed by atoms with van der Waals surface area (Å²) in [6.45, 7) is 6.68. The maximum absolute atomic E-state index is 5.45. The van der Waals surface area contributed by atoms with E-state index < -0.39 is 0 Å². The number of hydrogen-bond donors (Lipinski definition) is 1. The molecule has 27 heavy (non-hydrogen) atoms. The number of nitrogens with zero attached hydrogens (tertiary/aromatic N) is 5. The van der Waals surface area contributed by atoms with Crippen molar-refractivity contribution >= 4 is 47.1 Å². The third-order valence-corrected chi connectivity index (χ3v) is 5.08. The summed E-state index contributed by atoms with van der Waals surface area (Å²) in [4.78, 5) is 17.9. The van der Waals surface area contributed by atoms with Gasteiger partial charge in [-0.05, 0) is 13.0 Å². The lowest BCUT2D eigenvalue weighted by Gasteiger charge is -2.29. The molecule has 1 N–H and O–H groups in total. The molecular weight excluding hydrogens is 475 g/mol. The molecule has 0 aromatic carbocycles. The van der Waals surface area contributed by atoms with Crippen molar-refractivity contribution in [1.29, 1.82) is 0 Å². The van der Waals surface area contributed by atoms with Crippen molar-refractivity contribution in [3.63, 3.8) is 0 Å². The first kappa shape index (κ1) is 21.8. The molecule has 1 fully saturated rings. The molecule has 0 radical (unpaired) electrons. The van der Waals surface area contributed by atoms with Gasteiger partial charge in [0, 0.05) is 50.9 Å². The normalized spacial score (nSPS) is 14.6. The minimum atomic E-state index is 0. The summed E-state index contributed by atoms with van der Waals surface area (Å²) in [5, 5.41) is 6.62. The van der Waals surface area contributed by atoms with E-state index in [9.17, 15) is 0 Å². The molecule has 3 heterocycles. The highest BCUT2D eigenvalue weighted by Crippen LogP contribution is 2.18. The van der Waals surface area contributed by atoms with Gasteiger partial charge in [0.1, 0.15) is 5.82 Å². The molecule has 2 aromatic heterocycles. The Kier molecular flexibility index (Phi) is 8.71. The average molecular weight is 502 g/mol. The number of nitrogens with one attached hydrogen (secondary N) is 1.